The Labute approximate surface area is 144 Å². The van der Waals surface area contributed by atoms with E-state index in [-0.39, 0.29) is 11.5 Å². The van der Waals surface area contributed by atoms with Crippen molar-refractivity contribution in [3.8, 4) is 0 Å². The van der Waals surface area contributed by atoms with E-state index in [9.17, 15) is 0 Å². The van der Waals surface area contributed by atoms with Gasteiger partial charge in [0.2, 0.25) is 0 Å². The van der Waals surface area contributed by atoms with Crippen molar-refractivity contribution in [3.63, 3.8) is 0 Å². The van der Waals surface area contributed by atoms with Crippen LogP contribution < -0.4 is 11.5 Å². The van der Waals surface area contributed by atoms with Gasteiger partial charge in [-0.1, -0.05) is 51.1 Å². The van der Waals surface area contributed by atoms with Gasteiger partial charge in [0.15, 0.2) is 0 Å². The van der Waals surface area contributed by atoms with Gasteiger partial charge in [-0.3, -0.25) is 9.97 Å². The number of nitrogens with two attached hydrogens (primary N) is 2. The molecule has 5 heteroatoms. The summed E-state index contributed by atoms with van der Waals surface area (Å²) in [6.07, 6.45) is 6.85. The molecule has 1 heterocycles. The maximum atomic E-state index is 6.38. The van der Waals surface area contributed by atoms with Crippen molar-refractivity contribution in [1.29, 1.82) is 0 Å². The maximum Gasteiger partial charge on any atom is 0.106 e. The van der Waals surface area contributed by atoms with E-state index in [1.54, 1.807) is 18.6 Å². The van der Waals surface area contributed by atoms with Gasteiger partial charge in [0.05, 0.1) is 11.9 Å². The number of rotatable bonds is 6. The van der Waals surface area contributed by atoms with Crippen molar-refractivity contribution in [2.75, 3.05) is 6.54 Å². The SMILES string of the molecule is CC(C)(C)C(N)CN(/C=C(\N)c1cnccn1)Cc1ccccc1. The van der Waals surface area contributed by atoms with Crippen LogP contribution in [-0.4, -0.2) is 27.5 Å². The summed E-state index contributed by atoms with van der Waals surface area (Å²) < 4.78 is 0. The lowest BCUT2D eigenvalue weighted by Crippen LogP contribution is -2.43. The van der Waals surface area contributed by atoms with Gasteiger partial charge in [0, 0.05) is 37.7 Å². The molecule has 0 saturated heterocycles. The smallest absolute Gasteiger partial charge is 0.106 e. The Morgan fingerprint density at radius 3 is 2.50 bits per heavy atom. The van der Waals surface area contributed by atoms with Crippen molar-refractivity contribution in [2.24, 2.45) is 16.9 Å². The monoisotopic (exact) mass is 325 g/mol. The number of hydrogen-bond donors (Lipinski definition) is 2. The van der Waals surface area contributed by atoms with Crippen molar-refractivity contribution < 1.29 is 0 Å². The molecule has 0 amide bonds. The number of hydrogen-bond acceptors (Lipinski definition) is 5. The van der Waals surface area contributed by atoms with E-state index in [1.807, 2.05) is 24.4 Å². The topological polar surface area (TPSA) is 81.1 Å². The standard InChI is InChI=1S/C19H27N5/c1-19(2,3)18(21)14-24(12-15-7-5-4-6-8-15)13-16(20)17-11-22-9-10-23-17/h4-11,13,18H,12,14,20-21H2,1-3H3/b16-13-. The lowest BCUT2D eigenvalue weighted by Gasteiger charge is -2.32. The zero-order valence-electron chi connectivity index (χ0n) is 14.7. The van der Waals surface area contributed by atoms with Gasteiger partial charge in [-0.15, -0.1) is 0 Å². The summed E-state index contributed by atoms with van der Waals surface area (Å²) in [5, 5.41) is 0. The lowest BCUT2D eigenvalue weighted by atomic mass is 9.87. The molecule has 0 fully saturated rings. The third-order valence-corrected chi connectivity index (χ3v) is 3.95. The Morgan fingerprint density at radius 2 is 1.92 bits per heavy atom. The van der Waals surface area contributed by atoms with E-state index < -0.39 is 0 Å². The minimum atomic E-state index is 0.0179. The molecule has 0 bridgehead atoms. The van der Waals surface area contributed by atoms with E-state index in [2.05, 4.69) is 47.8 Å². The Balaban J connectivity index is 2.21. The van der Waals surface area contributed by atoms with E-state index in [0.29, 0.717) is 17.9 Å². The van der Waals surface area contributed by atoms with Crippen molar-refractivity contribution in [1.82, 2.24) is 14.9 Å². The summed E-state index contributed by atoms with van der Waals surface area (Å²) in [7, 11) is 0. The summed E-state index contributed by atoms with van der Waals surface area (Å²) in [6.45, 7) is 7.89. The van der Waals surface area contributed by atoms with Gasteiger partial charge in [-0.05, 0) is 11.0 Å². The fourth-order valence-corrected chi connectivity index (χ4v) is 2.22. The Kier molecular flexibility index (Phi) is 5.93. The Bertz CT molecular complexity index is 646. The van der Waals surface area contributed by atoms with Gasteiger partial charge in [0.1, 0.15) is 5.69 Å². The van der Waals surface area contributed by atoms with Gasteiger partial charge in [0.25, 0.3) is 0 Å². The van der Waals surface area contributed by atoms with E-state index >= 15 is 0 Å². The van der Waals surface area contributed by atoms with Crippen LogP contribution in [0.5, 0.6) is 0 Å². The minimum absolute atomic E-state index is 0.0179. The number of benzene rings is 1. The molecule has 0 radical (unpaired) electrons. The predicted molar refractivity (Wildman–Crippen MR) is 98.5 cm³/mol. The quantitative estimate of drug-likeness (QED) is 0.853. The second kappa shape index (κ2) is 7.93. The molecule has 1 aromatic heterocycles. The first-order valence-corrected chi connectivity index (χ1v) is 8.13. The van der Waals surface area contributed by atoms with Crippen LogP contribution in [0.4, 0.5) is 0 Å². The second-order valence-corrected chi connectivity index (χ2v) is 7.06. The lowest BCUT2D eigenvalue weighted by molar-refractivity contribution is 0.240. The molecule has 0 aliphatic heterocycles. The molecule has 5 nitrogen and oxygen atoms in total. The first-order valence-electron chi connectivity index (χ1n) is 8.13. The van der Waals surface area contributed by atoms with Crippen LogP contribution in [0.2, 0.25) is 0 Å². The van der Waals surface area contributed by atoms with Crippen LogP contribution in [0.1, 0.15) is 32.0 Å². The molecular weight excluding hydrogens is 298 g/mol. The molecule has 0 aliphatic carbocycles. The van der Waals surface area contributed by atoms with Crippen LogP contribution in [0.3, 0.4) is 0 Å². The van der Waals surface area contributed by atoms with E-state index in [1.165, 1.54) is 5.56 Å². The Hall–Kier alpha value is -2.40. The zero-order chi connectivity index (χ0) is 17.6. The third kappa shape index (κ3) is 5.35. The van der Waals surface area contributed by atoms with Crippen LogP contribution in [0, 0.1) is 5.41 Å². The molecule has 0 aliphatic rings. The summed E-state index contributed by atoms with van der Waals surface area (Å²) >= 11 is 0. The molecule has 24 heavy (non-hydrogen) atoms. The van der Waals surface area contributed by atoms with Gasteiger partial charge in [-0.2, -0.15) is 0 Å². The molecule has 0 spiro atoms. The average molecular weight is 325 g/mol. The van der Waals surface area contributed by atoms with E-state index in [0.717, 1.165) is 6.54 Å². The molecule has 1 unspecified atom stereocenters. The molecule has 2 rings (SSSR count). The van der Waals surface area contributed by atoms with Crippen LogP contribution in [0.15, 0.2) is 55.1 Å². The van der Waals surface area contributed by atoms with Crippen molar-refractivity contribution >= 4 is 5.70 Å². The summed E-state index contributed by atoms with van der Waals surface area (Å²) in [4.78, 5) is 10.5. The number of aromatic nitrogens is 2. The van der Waals surface area contributed by atoms with Gasteiger partial charge < -0.3 is 16.4 Å². The highest BCUT2D eigenvalue weighted by Gasteiger charge is 2.22. The zero-order valence-corrected chi connectivity index (χ0v) is 14.7. The van der Waals surface area contributed by atoms with Crippen molar-refractivity contribution in [3.05, 3.63) is 66.4 Å². The molecule has 4 N–H and O–H groups in total. The first-order chi connectivity index (χ1) is 11.4. The molecular formula is C19H27N5. The summed E-state index contributed by atoms with van der Waals surface area (Å²) in [5.74, 6) is 0. The van der Waals surface area contributed by atoms with E-state index in [4.69, 9.17) is 11.5 Å². The molecule has 1 aromatic carbocycles. The fourth-order valence-electron chi connectivity index (χ4n) is 2.22. The van der Waals surface area contributed by atoms with Gasteiger partial charge in [-0.25, -0.2) is 0 Å². The fraction of sp³-hybridized carbons (Fsp3) is 0.368. The highest BCUT2D eigenvalue weighted by molar-refractivity contribution is 5.57. The third-order valence-electron chi connectivity index (χ3n) is 3.95. The van der Waals surface area contributed by atoms with Gasteiger partial charge >= 0.3 is 0 Å². The highest BCUT2D eigenvalue weighted by atomic mass is 15.1. The molecule has 0 saturated carbocycles. The van der Waals surface area contributed by atoms with Crippen LogP contribution in [0.25, 0.3) is 5.70 Å². The second-order valence-electron chi connectivity index (χ2n) is 7.06. The average Bonchev–Trinajstić information content (AvgIpc) is 2.55. The summed E-state index contributed by atoms with van der Waals surface area (Å²) in [5.41, 5.74) is 15.1. The van der Waals surface area contributed by atoms with Crippen LogP contribution in [-0.2, 0) is 6.54 Å². The Morgan fingerprint density at radius 1 is 1.21 bits per heavy atom. The maximum absolute atomic E-state index is 6.38. The van der Waals surface area contributed by atoms with Crippen LogP contribution >= 0.6 is 0 Å². The molecule has 2 aromatic rings. The molecule has 128 valence electrons. The predicted octanol–water partition coefficient (Wildman–Crippen LogP) is 2.61. The number of nitrogens with zero attached hydrogens (tertiary/aromatic N) is 3. The summed E-state index contributed by atoms with van der Waals surface area (Å²) in [6, 6.07) is 10.3. The molecule has 1 atom stereocenters. The minimum Gasteiger partial charge on any atom is -0.396 e. The first kappa shape index (κ1) is 17.9. The normalized spacial score (nSPS) is 13.6. The largest absolute Gasteiger partial charge is 0.396 e. The highest BCUT2D eigenvalue weighted by Crippen LogP contribution is 2.20. The van der Waals surface area contributed by atoms with Crippen molar-refractivity contribution in [2.45, 2.75) is 33.4 Å².